The van der Waals surface area contributed by atoms with E-state index < -0.39 is 0 Å². The lowest BCUT2D eigenvalue weighted by molar-refractivity contribution is -0.130. The van der Waals surface area contributed by atoms with E-state index in [-0.39, 0.29) is 54.0 Å². The predicted molar refractivity (Wildman–Crippen MR) is 103 cm³/mol. The van der Waals surface area contributed by atoms with Gasteiger partial charge in [-0.1, -0.05) is 11.8 Å². The highest BCUT2D eigenvalue weighted by Gasteiger charge is 2.32. The summed E-state index contributed by atoms with van der Waals surface area (Å²) in [6, 6.07) is 4.40. The monoisotopic (exact) mass is 417 g/mol. The second kappa shape index (κ2) is 9.38. The van der Waals surface area contributed by atoms with E-state index in [4.69, 9.17) is 4.74 Å². The summed E-state index contributed by atoms with van der Waals surface area (Å²) in [6.07, 6.45) is 0. The van der Waals surface area contributed by atoms with Gasteiger partial charge >= 0.3 is 0 Å². The number of amides is 2. The topological polar surface area (TPSA) is 70.2 Å². The predicted octanol–water partition coefficient (Wildman–Crippen LogP) is 1.64. The normalized spacial score (nSPS) is 17.9. The van der Waals surface area contributed by atoms with Gasteiger partial charge in [-0.15, -0.1) is 12.4 Å². The summed E-state index contributed by atoms with van der Waals surface area (Å²) >= 11 is 0.927. The molecule has 1 aromatic rings. The van der Waals surface area contributed by atoms with Crippen molar-refractivity contribution >= 4 is 46.8 Å². The lowest BCUT2D eigenvalue weighted by Gasteiger charge is -2.36. The molecule has 0 spiro atoms. The number of ether oxygens (including phenoxy) is 1. The van der Waals surface area contributed by atoms with Crippen molar-refractivity contribution in [3.63, 3.8) is 0 Å². The fourth-order valence-electron chi connectivity index (χ4n) is 3.07. The van der Waals surface area contributed by atoms with Crippen LogP contribution < -0.4 is 9.64 Å². The molecule has 7 nitrogen and oxygen atoms in total. The first-order valence-corrected chi connectivity index (χ1v) is 9.26. The summed E-state index contributed by atoms with van der Waals surface area (Å²) in [7, 11) is 1.55. The van der Waals surface area contributed by atoms with E-state index in [1.54, 1.807) is 13.2 Å². The maximum absolute atomic E-state index is 13.5. The van der Waals surface area contributed by atoms with Gasteiger partial charge in [0.05, 0.1) is 31.6 Å². The van der Waals surface area contributed by atoms with E-state index in [1.807, 2.05) is 9.80 Å². The number of thioether (sulfide) groups is 1. The second-order valence-corrected chi connectivity index (χ2v) is 7.08. The maximum Gasteiger partial charge on any atom is 0.289 e. The lowest BCUT2D eigenvalue weighted by Crippen LogP contribution is -2.49. The van der Waals surface area contributed by atoms with E-state index in [0.29, 0.717) is 37.6 Å². The van der Waals surface area contributed by atoms with E-state index in [0.717, 1.165) is 16.7 Å². The molecule has 2 fully saturated rings. The van der Waals surface area contributed by atoms with Gasteiger partial charge in [-0.05, 0) is 12.1 Å². The fourth-order valence-corrected chi connectivity index (χ4v) is 3.79. The van der Waals surface area contributed by atoms with Gasteiger partial charge in [-0.3, -0.25) is 24.2 Å². The Labute approximate surface area is 167 Å². The molecular weight excluding hydrogens is 397 g/mol. The van der Waals surface area contributed by atoms with Gasteiger partial charge < -0.3 is 9.64 Å². The van der Waals surface area contributed by atoms with Crippen molar-refractivity contribution in [1.29, 1.82) is 0 Å². The summed E-state index contributed by atoms with van der Waals surface area (Å²) < 4.78 is 18.8. The Kier molecular flexibility index (Phi) is 7.46. The first-order chi connectivity index (χ1) is 12.5. The van der Waals surface area contributed by atoms with Crippen LogP contribution in [0.3, 0.4) is 0 Å². The van der Waals surface area contributed by atoms with E-state index in [2.05, 4.69) is 0 Å². The number of hydrogen-bond acceptors (Lipinski definition) is 7. The number of carbonyl (C=O) groups excluding carboxylic acids is 3. The quantitative estimate of drug-likeness (QED) is 0.696. The third-order valence-corrected chi connectivity index (χ3v) is 5.29. The first kappa shape index (κ1) is 21.5. The molecule has 2 aliphatic rings. The minimum atomic E-state index is -0.355. The number of benzene rings is 1. The number of nitrogens with zero attached hydrogens (tertiary/aromatic N) is 3. The van der Waals surface area contributed by atoms with Gasteiger partial charge in [-0.2, -0.15) is 0 Å². The number of piperazine rings is 1. The van der Waals surface area contributed by atoms with Crippen LogP contribution in [-0.2, 0) is 9.59 Å². The van der Waals surface area contributed by atoms with E-state index >= 15 is 0 Å². The molecule has 0 radical (unpaired) electrons. The molecule has 0 N–H and O–H groups in total. The van der Waals surface area contributed by atoms with Gasteiger partial charge in [0.25, 0.3) is 5.24 Å². The summed E-state index contributed by atoms with van der Waals surface area (Å²) in [5.41, 5.74) is 0.698. The zero-order valence-electron chi connectivity index (χ0n) is 14.9. The van der Waals surface area contributed by atoms with Crippen LogP contribution in [-0.4, -0.2) is 78.9 Å². The Morgan fingerprint density at radius 1 is 1.19 bits per heavy atom. The van der Waals surface area contributed by atoms with Crippen LogP contribution in [0.1, 0.15) is 0 Å². The third kappa shape index (κ3) is 5.12. The highest BCUT2D eigenvalue weighted by molar-refractivity contribution is 8.14. The molecule has 0 atom stereocenters. The summed E-state index contributed by atoms with van der Waals surface area (Å²) in [6.45, 7) is 2.54. The van der Waals surface area contributed by atoms with Crippen LogP contribution in [0, 0.1) is 5.82 Å². The highest BCUT2D eigenvalue weighted by Crippen LogP contribution is 2.29. The maximum atomic E-state index is 13.5. The molecule has 0 aliphatic carbocycles. The molecule has 1 aromatic carbocycles. The number of ketones is 1. The fraction of sp³-hybridized carbons (Fsp3) is 0.471. The van der Waals surface area contributed by atoms with Crippen LogP contribution in [0.5, 0.6) is 5.75 Å². The Bertz CT molecular complexity index is 712. The highest BCUT2D eigenvalue weighted by atomic mass is 35.5. The zero-order valence-corrected chi connectivity index (χ0v) is 16.5. The van der Waals surface area contributed by atoms with Crippen molar-refractivity contribution in [2.45, 2.75) is 0 Å². The van der Waals surface area contributed by atoms with Crippen LogP contribution in [0.15, 0.2) is 18.2 Å². The first-order valence-electron chi connectivity index (χ1n) is 8.27. The van der Waals surface area contributed by atoms with Crippen LogP contribution in [0.4, 0.5) is 14.9 Å². The standard InChI is InChI=1S/C17H20FN3O4S.ClH/c1-25-15-3-2-12(18)8-14(15)20-6-4-19(5-7-20)9-13(22)10-21-16(23)11-26-17(21)24;/h2-3,8H,4-7,9-11H2,1H3;1H. The molecular formula is C17H21ClFN3O4S. The number of methoxy groups -OCH3 is 1. The minimum absolute atomic E-state index is 0. The number of imide groups is 1. The van der Waals surface area contributed by atoms with Crippen molar-refractivity contribution in [3.8, 4) is 5.75 Å². The molecule has 3 rings (SSSR count). The lowest BCUT2D eigenvalue weighted by atomic mass is 10.2. The molecule has 2 saturated heterocycles. The summed E-state index contributed by atoms with van der Waals surface area (Å²) in [5.74, 6) is -0.0710. The summed E-state index contributed by atoms with van der Waals surface area (Å²) in [5, 5.41) is -0.355. The van der Waals surface area contributed by atoms with Crippen molar-refractivity contribution in [1.82, 2.24) is 9.80 Å². The average molecular weight is 418 g/mol. The van der Waals surface area contributed by atoms with Gasteiger partial charge in [0.2, 0.25) is 5.91 Å². The molecule has 0 unspecified atom stereocenters. The number of hydrogen-bond donors (Lipinski definition) is 0. The minimum Gasteiger partial charge on any atom is -0.495 e. The number of rotatable bonds is 6. The molecule has 2 heterocycles. The molecule has 10 heteroatoms. The van der Waals surface area contributed by atoms with Gasteiger partial charge in [0, 0.05) is 32.2 Å². The zero-order chi connectivity index (χ0) is 18.7. The van der Waals surface area contributed by atoms with Gasteiger partial charge in [0.15, 0.2) is 5.78 Å². The summed E-state index contributed by atoms with van der Waals surface area (Å²) in [4.78, 5) is 40.3. The van der Waals surface area contributed by atoms with Crippen molar-refractivity contribution in [3.05, 3.63) is 24.0 Å². The Morgan fingerprint density at radius 2 is 1.89 bits per heavy atom. The number of carbonyl (C=O) groups is 3. The Morgan fingerprint density at radius 3 is 2.48 bits per heavy atom. The van der Waals surface area contributed by atoms with Crippen molar-refractivity contribution < 1.29 is 23.5 Å². The van der Waals surface area contributed by atoms with Crippen molar-refractivity contribution in [2.24, 2.45) is 0 Å². The van der Waals surface area contributed by atoms with E-state index in [9.17, 15) is 18.8 Å². The number of anilines is 1. The average Bonchev–Trinajstić information content (AvgIpc) is 2.94. The SMILES string of the molecule is COc1ccc(F)cc1N1CCN(CC(=O)CN2C(=O)CSC2=O)CC1.Cl. The largest absolute Gasteiger partial charge is 0.495 e. The molecule has 2 amide bonds. The molecule has 2 aliphatic heterocycles. The third-order valence-electron chi connectivity index (χ3n) is 4.43. The molecule has 148 valence electrons. The molecule has 0 bridgehead atoms. The van der Waals surface area contributed by atoms with Gasteiger partial charge in [0.1, 0.15) is 11.6 Å². The van der Waals surface area contributed by atoms with Crippen LogP contribution in [0.25, 0.3) is 0 Å². The van der Waals surface area contributed by atoms with Crippen LogP contribution in [0.2, 0.25) is 0 Å². The Balaban J connectivity index is 0.00000261. The smallest absolute Gasteiger partial charge is 0.289 e. The van der Waals surface area contributed by atoms with Gasteiger partial charge in [-0.25, -0.2) is 4.39 Å². The number of Topliss-reactive ketones (excluding diaryl/α,β-unsaturated/α-hetero) is 1. The molecule has 0 saturated carbocycles. The molecule has 0 aromatic heterocycles. The van der Waals surface area contributed by atoms with E-state index in [1.165, 1.54) is 12.1 Å². The van der Waals surface area contributed by atoms with Crippen LogP contribution >= 0.6 is 24.2 Å². The number of halogens is 2. The van der Waals surface area contributed by atoms with Crippen molar-refractivity contribution in [2.75, 3.05) is 57.0 Å². The molecule has 27 heavy (non-hydrogen) atoms. The second-order valence-electron chi connectivity index (χ2n) is 6.15. The Hall–Kier alpha value is -1.84.